The second kappa shape index (κ2) is 9.35. The van der Waals surface area contributed by atoms with E-state index in [1.807, 2.05) is 0 Å². The summed E-state index contributed by atoms with van der Waals surface area (Å²) in [6.07, 6.45) is 7.19. The van der Waals surface area contributed by atoms with Crippen molar-refractivity contribution in [3.05, 3.63) is 35.4 Å². The number of rotatable bonds is 6. The molecule has 4 nitrogen and oxygen atoms in total. The Labute approximate surface area is 156 Å². The number of hydrogen-bond donors (Lipinski definition) is 2. The lowest BCUT2D eigenvalue weighted by molar-refractivity contribution is 0.00513. The van der Waals surface area contributed by atoms with E-state index in [1.54, 1.807) is 6.26 Å². The van der Waals surface area contributed by atoms with Crippen molar-refractivity contribution in [2.24, 2.45) is 0 Å². The first-order valence-corrected chi connectivity index (χ1v) is 11.0. The summed E-state index contributed by atoms with van der Waals surface area (Å²) in [5.41, 5.74) is 0.493. The van der Waals surface area contributed by atoms with Crippen molar-refractivity contribution >= 4 is 11.0 Å². The molecule has 3 atom stereocenters. The van der Waals surface area contributed by atoms with Gasteiger partial charge in [-0.2, -0.15) is 0 Å². The molecule has 0 bridgehead atoms. The fourth-order valence-corrected chi connectivity index (χ4v) is 4.80. The molecule has 1 saturated heterocycles. The van der Waals surface area contributed by atoms with Crippen LogP contribution in [0.2, 0.25) is 0 Å². The summed E-state index contributed by atoms with van der Waals surface area (Å²) in [6.45, 7) is 1.53. The Bertz CT molecular complexity index is 624. The zero-order valence-corrected chi connectivity index (χ0v) is 16.0. The van der Waals surface area contributed by atoms with Gasteiger partial charge in [0.25, 0.3) is 0 Å². The molecule has 0 radical (unpaired) electrons. The molecule has 1 heterocycles. The van der Waals surface area contributed by atoms with Crippen molar-refractivity contribution in [3.8, 4) is 0 Å². The highest BCUT2D eigenvalue weighted by Gasteiger charge is 2.29. The smallest absolute Gasteiger partial charge is 0.126 e. The summed E-state index contributed by atoms with van der Waals surface area (Å²) in [5.74, 6) is -0.631. The van der Waals surface area contributed by atoms with Crippen molar-refractivity contribution < 1.29 is 17.7 Å². The molecule has 1 aliphatic heterocycles. The van der Waals surface area contributed by atoms with Gasteiger partial charge in [0.1, 0.15) is 11.6 Å². The first-order chi connectivity index (χ1) is 12.5. The number of hydrogen-bond acceptors (Lipinski definition) is 3. The van der Waals surface area contributed by atoms with Gasteiger partial charge >= 0.3 is 0 Å². The lowest BCUT2D eigenvalue weighted by Crippen LogP contribution is -2.54. The van der Waals surface area contributed by atoms with Crippen LogP contribution < -0.4 is 10.0 Å². The van der Waals surface area contributed by atoms with Crippen LogP contribution in [0.5, 0.6) is 0 Å². The van der Waals surface area contributed by atoms with E-state index < -0.39 is 11.0 Å². The predicted octanol–water partition coefficient (Wildman–Crippen LogP) is 3.01. The van der Waals surface area contributed by atoms with E-state index in [0.29, 0.717) is 12.2 Å². The van der Waals surface area contributed by atoms with Crippen molar-refractivity contribution in [2.45, 2.75) is 62.6 Å². The summed E-state index contributed by atoms with van der Waals surface area (Å²) in [5, 5.41) is 3.45. The average Bonchev–Trinajstić information content (AvgIpc) is 2.63. The molecule has 2 N–H and O–H groups in total. The Morgan fingerprint density at radius 3 is 2.73 bits per heavy atom. The van der Waals surface area contributed by atoms with Gasteiger partial charge in [0.15, 0.2) is 0 Å². The Morgan fingerprint density at radius 2 is 2.00 bits per heavy atom. The number of halogens is 2. The molecule has 1 aromatic carbocycles. The molecular weight excluding hydrogens is 358 g/mol. The van der Waals surface area contributed by atoms with Crippen molar-refractivity contribution in [1.29, 1.82) is 0 Å². The van der Waals surface area contributed by atoms with E-state index in [4.69, 9.17) is 4.74 Å². The zero-order chi connectivity index (χ0) is 18.5. The molecule has 1 aromatic rings. The van der Waals surface area contributed by atoms with Crippen LogP contribution in [0.15, 0.2) is 18.2 Å². The van der Waals surface area contributed by atoms with Gasteiger partial charge in [0.05, 0.1) is 23.7 Å². The maximum absolute atomic E-state index is 14.0. The molecule has 0 aromatic heterocycles. The average molecular weight is 387 g/mol. The predicted molar refractivity (Wildman–Crippen MR) is 99.3 cm³/mol. The highest BCUT2D eigenvalue weighted by Crippen LogP contribution is 2.35. The van der Waals surface area contributed by atoms with E-state index in [9.17, 15) is 13.0 Å². The Hall–Kier alpha value is -0.890. The molecule has 7 heteroatoms. The van der Waals surface area contributed by atoms with E-state index in [0.717, 1.165) is 45.1 Å². The van der Waals surface area contributed by atoms with Crippen LogP contribution in [0.3, 0.4) is 0 Å². The third-order valence-electron chi connectivity index (χ3n) is 5.49. The van der Waals surface area contributed by atoms with Crippen LogP contribution in [-0.4, -0.2) is 41.8 Å². The van der Waals surface area contributed by atoms with Crippen molar-refractivity contribution in [3.63, 3.8) is 0 Å². The fraction of sp³-hybridized carbons (Fsp3) is 0.684. The Kier molecular flexibility index (Phi) is 7.14. The second-order valence-corrected chi connectivity index (χ2v) is 8.50. The summed E-state index contributed by atoms with van der Waals surface area (Å²) >= 11 is 0. The first-order valence-electron chi connectivity index (χ1n) is 9.42. The maximum Gasteiger partial charge on any atom is 0.126 e. The minimum Gasteiger partial charge on any atom is -0.377 e. The SMILES string of the molecule is CS(=O)N[C@H]1CCCN[C@H]1COC1CCC(c2cc(F)ccc2F)CC1. The van der Waals surface area contributed by atoms with E-state index in [2.05, 4.69) is 10.0 Å². The topological polar surface area (TPSA) is 50.4 Å². The Balaban J connectivity index is 1.48. The molecule has 2 fully saturated rings. The van der Waals surface area contributed by atoms with Crippen LogP contribution in [-0.2, 0) is 15.7 Å². The summed E-state index contributed by atoms with van der Waals surface area (Å²) in [4.78, 5) is 0. The van der Waals surface area contributed by atoms with Gasteiger partial charge in [0, 0.05) is 18.3 Å². The molecular formula is C19H28F2N2O2S. The summed E-state index contributed by atoms with van der Waals surface area (Å²) < 4.78 is 48.0. The van der Waals surface area contributed by atoms with Crippen LogP contribution in [0.4, 0.5) is 8.78 Å². The van der Waals surface area contributed by atoms with Gasteiger partial charge in [-0.25, -0.2) is 17.7 Å². The van der Waals surface area contributed by atoms with Gasteiger partial charge in [-0.05, 0) is 74.8 Å². The molecule has 1 unspecified atom stereocenters. The van der Waals surface area contributed by atoms with Crippen LogP contribution in [0.1, 0.15) is 50.0 Å². The number of nitrogens with one attached hydrogen (secondary N) is 2. The van der Waals surface area contributed by atoms with E-state index >= 15 is 0 Å². The molecule has 3 rings (SSSR count). The van der Waals surface area contributed by atoms with Crippen molar-refractivity contribution in [1.82, 2.24) is 10.0 Å². The van der Waals surface area contributed by atoms with Crippen LogP contribution in [0, 0.1) is 11.6 Å². The highest BCUT2D eigenvalue weighted by molar-refractivity contribution is 7.82. The monoisotopic (exact) mass is 386 g/mol. The molecule has 0 amide bonds. The minimum atomic E-state index is -1.03. The van der Waals surface area contributed by atoms with Crippen LogP contribution in [0.25, 0.3) is 0 Å². The standard InChI is InChI=1S/C19H28F2N2O2S/c1-26(24)23-18-3-2-10-22-19(18)12-25-15-7-4-13(5-8-15)16-11-14(20)6-9-17(16)21/h6,9,11,13,15,18-19,22-23H,2-5,7-8,10,12H2,1H3/t13?,15?,18-,19-,26?/m0/s1. The molecule has 0 spiro atoms. The normalized spacial score (nSPS) is 30.9. The fourth-order valence-electron chi connectivity index (χ4n) is 4.09. The lowest BCUT2D eigenvalue weighted by atomic mass is 9.82. The molecule has 2 aliphatic rings. The number of benzene rings is 1. The molecule has 1 saturated carbocycles. The zero-order valence-electron chi connectivity index (χ0n) is 15.2. The Morgan fingerprint density at radius 1 is 1.23 bits per heavy atom. The van der Waals surface area contributed by atoms with Crippen molar-refractivity contribution in [2.75, 3.05) is 19.4 Å². The summed E-state index contributed by atoms with van der Waals surface area (Å²) in [7, 11) is -1.03. The molecule has 146 valence electrons. The van der Waals surface area contributed by atoms with Crippen LogP contribution >= 0.6 is 0 Å². The van der Waals surface area contributed by atoms with Gasteiger partial charge in [-0.1, -0.05) is 0 Å². The lowest BCUT2D eigenvalue weighted by Gasteiger charge is -2.35. The van der Waals surface area contributed by atoms with Gasteiger partial charge in [0.2, 0.25) is 0 Å². The van der Waals surface area contributed by atoms with E-state index in [1.165, 1.54) is 18.2 Å². The van der Waals surface area contributed by atoms with E-state index in [-0.39, 0.29) is 35.7 Å². The maximum atomic E-state index is 14.0. The minimum absolute atomic E-state index is 0.0651. The van der Waals surface area contributed by atoms with Gasteiger partial charge < -0.3 is 10.1 Å². The van der Waals surface area contributed by atoms with Gasteiger partial charge in [-0.15, -0.1) is 0 Å². The number of ether oxygens (including phenoxy) is 1. The third-order valence-corrected chi connectivity index (χ3v) is 6.12. The quantitative estimate of drug-likeness (QED) is 0.790. The molecule has 1 aliphatic carbocycles. The van der Waals surface area contributed by atoms with Gasteiger partial charge in [-0.3, -0.25) is 0 Å². The summed E-state index contributed by atoms with van der Waals surface area (Å²) in [6, 6.07) is 4.03. The first kappa shape index (κ1) is 19.9. The second-order valence-electron chi connectivity index (χ2n) is 7.35. The highest BCUT2D eigenvalue weighted by atomic mass is 32.2. The molecule has 26 heavy (non-hydrogen) atoms. The number of piperidine rings is 1. The third kappa shape index (κ3) is 5.31. The largest absolute Gasteiger partial charge is 0.377 e.